The molecule has 1 rings (SSSR count). The fourth-order valence-corrected chi connectivity index (χ4v) is 0.934. The van der Waals surface area contributed by atoms with E-state index in [9.17, 15) is 0 Å². The molecule has 0 fully saturated rings. The Balaban J connectivity index is 0.000000810. The average Bonchev–Trinajstić information content (AvgIpc) is 1.77. The molecule has 0 amide bonds. The second-order valence-corrected chi connectivity index (χ2v) is 3.35. The van der Waals surface area contributed by atoms with Crippen LogP contribution in [-0.4, -0.2) is 25.8 Å². The molecule has 0 nitrogen and oxygen atoms in total. The van der Waals surface area contributed by atoms with Crippen molar-refractivity contribution < 1.29 is 0 Å². The Hall–Kier alpha value is 0.350. The van der Waals surface area contributed by atoms with Crippen LogP contribution < -0.4 is 0 Å². The van der Waals surface area contributed by atoms with Gasteiger partial charge in [-0.2, -0.15) is 0 Å². The number of allylic oxidation sites excluding steroid dienone is 4. The molecular weight excluding hydrogens is 223 g/mol. The first-order chi connectivity index (χ1) is 4.13. The van der Waals surface area contributed by atoms with Gasteiger partial charge < -0.3 is 0 Å². The Morgan fingerprint density at radius 1 is 1.20 bits per heavy atom. The van der Waals surface area contributed by atoms with Gasteiger partial charge in [-0.3, -0.25) is 0 Å². The van der Waals surface area contributed by atoms with E-state index in [0.29, 0.717) is 11.3 Å². The summed E-state index contributed by atoms with van der Waals surface area (Å²) in [6, 6.07) is 0. The summed E-state index contributed by atoms with van der Waals surface area (Å²) in [5.41, 5.74) is 0.370. The van der Waals surface area contributed by atoms with E-state index in [1.807, 2.05) is 0 Å². The molecule has 0 aromatic heterocycles. The van der Waals surface area contributed by atoms with Crippen molar-refractivity contribution in [3.05, 3.63) is 24.3 Å². The third-order valence-corrected chi connectivity index (χ3v) is 2.21. The molecule has 0 aromatic carbocycles. The predicted molar refractivity (Wildman–Crippen MR) is 47.0 cm³/mol. The van der Waals surface area contributed by atoms with Gasteiger partial charge in [0.25, 0.3) is 0 Å². The largest absolute Gasteiger partial charge is 0.0809 e. The summed E-state index contributed by atoms with van der Waals surface area (Å²) < 4.78 is 0. The minimum atomic E-state index is 0. The molecular formula is C9H14In. The van der Waals surface area contributed by atoms with Crippen molar-refractivity contribution in [2.45, 2.75) is 20.8 Å². The van der Waals surface area contributed by atoms with E-state index in [0.717, 1.165) is 0 Å². The molecule has 1 atom stereocenters. The van der Waals surface area contributed by atoms with E-state index in [-0.39, 0.29) is 25.8 Å². The van der Waals surface area contributed by atoms with Gasteiger partial charge in [0.2, 0.25) is 0 Å². The van der Waals surface area contributed by atoms with Crippen LogP contribution in [0.2, 0.25) is 0 Å². The van der Waals surface area contributed by atoms with Gasteiger partial charge in [-0.25, -0.2) is 0 Å². The van der Waals surface area contributed by atoms with Gasteiger partial charge in [0, 0.05) is 25.8 Å². The molecule has 1 aliphatic carbocycles. The third-order valence-electron chi connectivity index (χ3n) is 2.21. The average molecular weight is 237 g/mol. The maximum Gasteiger partial charge on any atom is 0 e. The van der Waals surface area contributed by atoms with Crippen molar-refractivity contribution in [3.63, 3.8) is 0 Å². The van der Waals surface area contributed by atoms with Crippen molar-refractivity contribution in [3.8, 4) is 0 Å². The molecule has 0 aromatic rings. The van der Waals surface area contributed by atoms with Crippen LogP contribution in [0.5, 0.6) is 0 Å². The molecule has 0 bridgehead atoms. The zero-order valence-corrected chi connectivity index (χ0v) is 10.3. The summed E-state index contributed by atoms with van der Waals surface area (Å²) in [5.74, 6) is 0.683. The molecule has 0 saturated heterocycles. The molecule has 0 saturated carbocycles. The van der Waals surface area contributed by atoms with E-state index in [4.69, 9.17) is 0 Å². The van der Waals surface area contributed by atoms with Gasteiger partial charge in [-0.05, 0) is 11.3 Å². The molecule has 53 valence electrons. The Morgan fingerprint density at radius 3 is 2.10 bits per heavy atom. The Labute approximate surface area is 82.2 Å². The standard InChI is InChI=1S/C9H14.In/c1-8-6-4-5-7-9(8,2)3;/h4-8H,1-3H3;. The van der Waals surface area contributed by atoms with Gasteiger partial charge in [-0.1, -0.05) is 45.1 Å². The normalized spacial score (nSPS) is 27.7. The molecule has 0 spiro atoms. The predicted octanol–water partition coefficient (Wildman–Crippen LogP) is 2.39. The van der Waals surface area contributed by atoms with E-state index < -0.39 is 0 Å². The van der Waals surface area contributed by atoms with E-state index in [1.165, 1.54) is 0 Å². The summed E-state index contributed by atoms with van der Waals surface area (Å²) in [5, 5.41) is 0. The minimum absolute atomic E-state index is 0. The Kier molecular flexibility index (Phi) is 3.79. The summed E-state index contributed by atoms with van der Waals surface area (Å²) in [6.45, 7) is 6.77. The van der Waals surface area contributed by atoms with Crippen LogP contribution in [0.4, 0.5) is 0 Å². The summed E-state index contributed by atoms with van der Waals surface area (Å²) >= 11 is 0. The van der Waals surface area contributed by atoms with E-state index >= 15 is 0 Å². The topological polar surface area (TPSA) is 0 Å². The van der Waals surface area contributed by atoms with Crippen LogP contribution in [0.15, 0.2) is 24.3 Å². The summed E-state index contributed by atoms with van der Waals surface area (Å²) in [7, 11) is 0. The molecule has 0 heterocycles. The minimum Gasteiger partial charge on any atom is -0.0809 e. The van der Waals surface area contributed by atoms with Gasteiger partial charge >= 0.3 is 0 Å². The van der Waals surface area contributed by atoms with Gasteiger partial charge in [0.05, 0.1) is 0 Å². The van der Waals surface area contributed by atoms with Crippen LogP contribution in [0.3, 0.4) is 0 Å². The van der Waals surface area contributed by atoms with Crippen LogP contribution in [0.25, 0.3) is 0 Å². The van der Waals surface area contributed by atoms with Gasteiger partial charge in [0.1, 0.15) is 0 Å². The molecule has 3 radical (unpaired) electrons. The molecule has 0 N–H and O–H groups in total. The van der Waals surface area contributed by atoms with Gasteiger partial charge in [0.15, 0.2) is 0 Å². The monoisotopic (exact) mass is 237 g/mol. The van der Waals surface area contributed by atoms with Crippen molar-refractivity contribution in [2.75, 3.05) is 0 Å². The molecule has 1 heteroatoms. The Morgan fingerprint density at radius 2 is 1.80 bits per heavy atom. The maximum atomic E-state index is 2.26. The van der Waals surface area contributed by atoms with E-state index in [2.05, 4.69) is 45.1 Å². The first-order valence-electron chi connectivity index (χ1n) is 3.49. The SMILES string of the molecule is CC1C=CC=CC1(C)C.[In]. The zero-order valence-electron chi connectivity index (χ0n) is 6.96. The second-order valence-electron chi connectivity index (χ2n) is 3.35. The zero-order chi connectivity index (χ0) is 6.91. The quantitative estimate of drug-likeness (QED) is 0.606. The van der Waals surface area contributed by atoms with E-state index in [1.54, 1.807) is 0 Å². The van der Waals surface area contributed by atoms with Crippen molar-refractivity contribution in [2.24, 2.45) is 11.3 Å². The summed E-state index contributed by atoms with van der Waals surface area (Å²) in [6.07, 6.45) is 8.76. The number of hydrogen-bond donors (Lipinski definition) is 0. The van der Waals surface area contributed by atoms with Crippen molar-refractivity contribution in [1.29, 1.82) is 0 Å². The fourth-order valence-electron chi connectivity index (χ4n) is 0.934. The maximum absolute atomic E-state index is 2.26. The van der Waals surface area contributed by atoms with Crippen molar-refractivity contribution >= 4 is 25.8 Å². The fraction of sp³-hybridized carbons (Fsp3) is 0.556. The molecule has 1 unspecified atom stereocenters. The molecule has 0 aliphatic heterocycles. The van der Waals surface area contributed by atoms with Crippen molar-refractivity contribution in [1.82, 2.24) is 0 Å². The third kappa shape index (κ3) is 2.19. The first-order valence-corrected chi connectivity index (χ1v) is 3.49. The van der Waals surface area contributed by atoms with Gasteiger partial charge in [-0.15, -0.1) is 0 Å². The van der Waals surface area contributed by atoms with Crippen LogP contribution >= 0.6 is 0 Å². The first kappa shape index (κ1) is 10.4. The van der Waals surface area contributed by atoms with Crippen LogP contribution in [0.1, 0.15) is 20.8 Å². The number of hydrogen-bond acceptors (Lipinski definition) is 0. The number of rotatable bonds is 0. The smallest absolute Gasteiger partial charge is 0 e. The molecule has 10 heavy (non-hydrogen) atoms. The second kappa shape index (κ2) is 3.66. The Bertz CT molecular complexity index is 154. The van der Waals surface area contributed by atoms with Crippen LogP contribution in [0, 0.1) is 11.3 Å². The van der Waals surface area contributed by atoms with Crippen LogP contribution in [-0.2, 0) is 0 Å². The molecule has 1 aliphatic rings. The summed E-state index contributed by atoms with van der Waals surface area (Å²) in [4.78, 5) is 0.